The van der Waals surface area contributed by atoms with Crippen LogP contribution in [0.25, 0.3) is 0 Å². The largest absolute Gasteiger partial charge is 0.488 e. The van der Waals surface area contributed by atoms with Crippen LogP contribution in [-0.4, -0.2) is 71.6 Å². The summed E-state index contributed by atoms with van der Waals surface area (Å²) >= 11 is 0. The van der Waals surface area contributed by atoms with Crippen LogP contribution >= 0.6 is 0 Å². The topological polar surface area (TPSA) is 111 Å². The molecule has 0 bridgehead atoms. The third kappa shape index (κ3) is 7.53. The molecule has 1 aliphatic carbocycles. The predicted molar refractivity (Wildman–Crippen MR) is 155 cm³/mol. The number of aliphatic hydroxyl groups is 1. The first kappa shape index (κ1) is 29.4. The van der Waals surface area contributed by atoms with Gasteiger partial charge < -0.3 is 30.3 Å². The summed E-state index contributed by atoms with van der Waals surface area (Å²) in [6.07, 6.45) is 4.77. The van der Waals surface area contributed by atoms with Crippen LogP contribution in [0.3, 0.4) is 0 Å². The highest BCUT2D eigenvalue weighted by atomic mass is 16.5. The van der Waals surface area contributed by atoms with E-state index in [-0.39, 0.29) is 55.3 Å². The summed E-state index contributed by atoms with van der Waals surface area (Å²) in [5.41, 5.74) is 2.00. The van der Waals surface area contributed by atoms with Crippen molar-refractivity contribution in [2.75, 3.05) is 37.4 Å². The van der Waals surface area contributed by atoms with E-state index in [1.807, 2.05) is 56.3 Å². The summed E-state index contributed by atoms with van der Waals surface area (Å²) in [6.45, 7) is 4.31. The number of likely N-dealkylation sites (N-methyl/N-ethyl adjacent to an activating group) is 1. The standard InChI is InChI=1S/C31H42N4O5/c1-21-18-35(22(2)20-36)29(37)17-24-16-26(32-30(38)23-10-6-4-7-11-23)14-15-27(24)40-28(21)19-34(3)31(39)33-25-12-8-5-9-13-25/h5,8-9,12-16,21-23,28,36H,4,6-7,10-11,17-20H2,1-3H3,(H,32,38)(H,33,39)/t21-,22-,28-/m1/s1. The van der Waals surface area contributed by atoms with E-state index in [0.29, 0.717) is 29.2 Å². The predicted octanol–water partition coefficient (Wildman–Crippen LogP) is 4.52. The summed E-state index contributed by atoms with van der Waals surface area (Å²) < 4.78 is 6.51. The third-order valence-electron chi connectivity index (χ3n) is 7.99. The monoisotopic (exact) mass is 550 g/mol. The molecule has 4 rings (SSSR count). The van der Waals surface area contributed by atoms with Crippen LogP contribution in [-0.2, 0) is 16.0 Å². The number of hydrogen-bond acceptors (Lipinski definition) is 5. The van der Waals surface area contributed by atoms with Crippen LogP contribution in [0.4, 0.5) is 16.2 Å². The Balaban J connectivity index is 1.56. The average Bonchev–Trinajstić information content (AvgIpc) is 3.01. The smallest absolute Gasteiger partial charge is 0.321 e. The Morgan fingerprint density at radius 2 is 1.80 bits per heavy atom. The first-order chi connectivity index (χ1) is 19.2. The second-order valence-electron chi connectivity index (χ2n) is 11.2. The SMILES string of the molecule is C[C@@H]1CN([C@H](C)CO)C(=O)Cc2cc(NC(=O)C3CCCCC3)ccc2O[C@@H]1CN(C)C(=O)Nc1ccccc1. The molecule has 0 spiro atoms. The van der Waals surface area contributed by atoms with Gasteiger partial charge in [0.1, 0.15) is 11.9 Å². The van der Waals surface area contributed by atoms with Gasteiger partial charge in [0.2, 0.25) is 11.8 Å². The molecule has 1 fully saturated rings. The maximum absolute atomic E-state index is 13.4. The van der Waals surface area contributed by atoms with Gasteiger partial charge in [0.25, 0.3) is 0 Å². The number of nitrogens with one attached hydrogen (secondary N) is 2. The molecule has 1 aliphatic heterocycles. The first-order valence-electron chi connectivity index (χ1n) is 14.3. The average molecular weight is 551 g/mol. The second kappa shape index (κ2) is 13.7. The molecule has 4 amide bonds. The summed E-state index contributed by atoms with van der Waals surface area (Å²) in [7, 11) is 1.71. The summed E-state index contributed by atoms with van der Waals surface area (Å²) in [6, 6.07) is 14.0. The van der Waals surface area contributed by atoms with Gasteiger partial charge in [0.15, 0.2) is 0 Å². The van der Waals surface area contributed by atoms with E-state index >= 15 is 0 Å². The Morgan fingerprint density at radius 3 is 2.50 bits per heavy atom. The zero-order valence-electron chi connectivity index (χ0n) is 23.8. The van der Waals surface area contributed by atoms with E-state index in [1.165, 1.54) is 6.42 Å². The molecule has 216 valence electrons. The van der Waals surface area contributed by atoms with Crippen molar-refractivity contribution in [1.82, 2.24) is 9.80 Å². The molecule has 1 saturated carbocycles. The number of carbonyl (C=O) groups is 3. The minimum Gasteiger partial charge on any atom is -0.488 e. The number of benzene rings is 2. The van der Waals surface area contributed by atoms with Gasteiger partial charge in [-0.3, -0.25) is 9.59 Å². The van der Waals surface area contributed by atoms with Crippen molar-refractivity contribution in [2.24, 2.45) is 11.8 Å². The number of amides is 4. The molecular formula is C31H42N4O5. The van der Waals surface area contributed by atoms with Crippen LogP contribution in [0.15, 0.2) is 48.5 Å². The van der Waals surface area contributed by atoms with Gasteiger partial charge in [-0.05, 0) is 50.1 Å². The fraction of sp³-hybridized carbons (Fsp3) is 0.516. The fourth-order valence-electron chi connectivity index (χ4n) is 5.43. The molecule has 0 aromatic heterocycles. The van der Waals surface area contributed by atoms with Gasteiger partial charge in [-0.15, -0.1) is 0 Å². The highest BCUT2D eigenvalue weighted by Crippen LogP contribution is 2.30. The molecular weight excluding hydrogens is 508 g/mol. The van der Waals surface area contributed by atoms with Crippen LogP contribution in [0.1, 0.15) is 51.5 Å². The molecule has 2 aliphatic rings. The minimum absolute atomic E-state index is 0.0144. The Kier molecular flexibility index (Phi) is 10.0. The number of aliphatic hydroxyl groups excluding tert-OH is 1. The summed E-state index contributed by atoms with van der Waals surface area (Å²) in [4.78, 5) is 42.5. The molecule has 9 heteroatoms. The third-order valence-corrected chi connectivity index (χ3v) is 7.99. The molecule has 40 heavy (non-hydrogen) atoms. The zero-order valence-corrected chi connectivity index (χ0v) is 23.8. The number of rotatable bonds is 7. The van der Waals surface area contributed by atoms with E-state index in [0.717, 1.165) is 25.7 Å². The van der Waals surface area contributed by atoms with Crippen molar-refractivity contribution in [1.29, 1.82) is 0 Å². The molecule has 2 aromatic rings. The lowest BCUT2D eigenvalue weighted by molar-refractivity contribution is -0.134. The van der Waals surface area contributed by atoms with E-state index in [9.17, 15) is 19.5 Å². The number of carbonyl (C=O) groups excluding carboxylic acids is 3. The lowest BCUT2D eigenvalue weighted by Crippen LogP contribution is -2.48. The van der Waals surface area contributed by atoms with E-state index in [1.54, 1.807) is 22.9 Å². The quantitative estimate of drug-likeness (QED) is 0.470. The molecule has 1 heterocycles. The maximum atomic E-state index is 13.4. The molecule has 3 N–H and O–H groups in total. The molecule has 0 saturated heterocycles. The maximum Gasteiger partial charge on any atom is 0.321 e. The number of urea groups is 1. The Bertz CT molecular complexity index is 1170. The van der Waals surface area contributed by atoms with Crippen molar-refractivity contribution >= 4 is 29.2 Å². The summed E-state index contributed by atoms with van der Waals surface area (Å²) in [5.74, 6) is 0.325. The van der Waals surface area contributed by atoms with Crippen molar-refractivity contribution < 1.29 is 24.2 Å². The van der Waals surface area contributed by atoms with Gasteiger partial charge in [-0.2, -0.15) is 0 Å². The van der Waals surface area contributed by atoms with Gasteiger partial charge in [0, 0.05) is 42.4 Å². The van der Waals surface area contributed by atoms with Gasteiger partial charge in [-0.25, -0.2) is 4.79 Å². The van der Waals surface area contributed by atoms with Crippen LogP contribution in [0.5, 0.6) is 5.75 Å². The van der Waals surface area contributed by atoms with Crippen LogP contribution < -0.4 is 15.4 Å². The normalized spacial score (nSPS) is 20.7. The molecule has 2 aromatic carbocycles. The lowest BCUT2D eigenvalue weighted by Gasteiger charge is -2.34. The Morgan fingerprint density at radius 1 is 1.07 bits per heavy atom. The highest BCUT2D eigenvalue weighted by Gasteiger charge is 2.32. The van der Waals surface area contributed by atoms with Crippen molar-refractivity contribution in [3.05, 3.63) is 54.1 Å². The number of ether oxygens (including phenoxy) is 1. The first-order valence-corrected chi connectivity index (χ1v) is 14.3. The molecule has 3 atom stereocenters. The van der Waals surface area contributed by atoms with E-state index in [4.69, 9.17) is 4.74 Å². The van der Waals surface area contributed by atoms with Gasteiger partial charge >= 0.3 is 6.03 Å². The second-order valence-corrected chi connectivity index (χ2v) is 11.2. The molecule has 9 nitrogen and oxygen atoms in total. The van der Waals surface area contributed by atoms with Crippen molar-refractivity contribution in [2.45, 2.75) is 64.5 Å². The number of para-hydroxylation sites is 1. The van der Waals surface area contributed by atoms with Crippen LogP contribution in [0, 0.1) is 11.8 Å². The summed E-state index contributed by atoms with van der Waals surface area (Å²) in [5, 5.41) is 15.8. The number of hydrogen-bond donors (Lipinski definition) is 3. The van der Waals surface area contributed by atoms with E-state index in [2.05, 4.69) is 10.6 Å². The van der Waals surface area contributed by atoms with Crippen molar-refractivity contribution in [3.8, 4) is 5.75 Å². The van der Waals surface area contributed by atoms with E-state index < -0.39 is 6.10 Å². The van der Waals surface area contributed by atoms with Gasteiger partial charge in [0.05, 0.1) is 25.6 Å². The van der Waals surface area contributed by atoms with Crippen LogP contribution in [0.2, 0.25) is 0 Å². The minimum atomic E-state index is -0.424. The number of fused-ring (bicyclic) bond motifs is 1. The highest BCUT2D eigenvalue weighted by molar-refractivity contribution is 5.93. The zero-order chi connectivity index (χ0) is 28.6. The lowest BCUT2D eigenvalue weighted by atomic mass is 9.88. The van der Waals surface area contributed by atoms with Crippen molar-refractivity contribution in [3.63, 3.8) is 0 Å². The fourth-order valence-corrected chi connectivity index (χ4v) is 5.43. The van der Waals surface area contributed by atoms with Gasteiger partial charge in [-0.1, -0.05) is 44.4 Å². The Labute approximate surface area is 236 Å². The number of anilines is 2. The number of nitrogens with zero attached hydrogens (tertiary/aromatic N) is 2. The molecule has 0 unspecified atom stereocenters. The molecule has 0 radical (unpaired) electrons. The Hall–Kier alpha value is -3.59.